The molecule has 0 saturated heterocycles. The molecule has 0 rings (SSSR count). The first-order valence-corrected chi connectivity index (χ1v) is 4.39. The quantitative estimate of drug-likeness (QED) is 0.596. The summed E-state index contributed by atoms with van der Waals surface area (Å²) in [5.74, 6) is -0.222. The van der Waals surface area contributed by atoms with E-state index in [1.165, 1.54) is 6.08 Å². The predicted molar refractivity (Wildman–Crippen MR) is 40.2 cm³/mol. The molecule has 10 heavy (non-hydrogen) atoms. The van der Waals surface area contributed by atoms with Gasteiger partial charge >= 0.3 is 0 Å². The summed E-state index contributed by atoms with van der Waals surface area (Å²) in [6.07, 6.45) is 2.20. The first-order valence-electron chi connectivity index (χ1n) is 2.67. The van der Waals surface area contributed by atoms with E-state index in [1.54, 1.807) is 0 Å². The topological polar surface area (TPSA) is 54.4 Å². The van der Waals surface area contributed by atoms with Crippen molar-refractivity contribution in [1.82, 2.24) is 0 Å². The van der Waals surface area contributed by atoms with Crippen molar-refractivity contribution >= 4 is 9.84 Å². The average Bonchev–Trinajstić information content (AvgIpc) is 1.86. The fourth-order valence-electron chi connectivity index (χ4n) is 0.409. The Morgan fingerprint density at radius 3 is 2.30 bits per heavy atom. The molecule has 0 aliphatic carbocycles. The number of aliphatic hydroxyl groups is 1. The molecular formula is C6H10O3S. The lowest BCUT2D eigenvalue weighted by molar-refractivity contribution is 0.295. The predicted octanol–water partition coefficient (Wildman–Crippen LogP) is 0.0916. The summed E-state index contributed by atoms with van der Waals surface area (Å²) < 4.78 is 21.5. The molecule has 0 radical (unpaired) electrons. The molecule has 0 unspecified atom stereocenters. The normalized spacial score (nSPS) is 14.1. The molecule has 58 valence electrons. The molecule has 0 heterocycles. The van der Waals surface area contributed by atoms with Crippen molar-refractivity contribution in [2.45, 2.75) is 5.44 Å². The largest absolute Gasteiger partial charge is 0.374 e. The van der Waals surface area contributed by atoms with Crippen molar-refractivity contribution in [3.05, 3.63) is 25.3 Å². The van der Waals surface area contributed by atoms with Gasteiger partial charge in [-0.3, -0.25) is 0 Å². The van der Waals surface area contributed by atoms with Crippen LogP contribution in [0, 0.1) is 0 Å². The Balaban J connectivity index is 4.40. The van der Waals surface area contributed by atoms with E-state index < -0.39 is 15.3 Å². The van der Waals surface area contributed by atoms with Crippen LogP contribution in [0.4, 0.5) is 0 Å². The zero-order valence-corrected chi connectivity index (χ0v) is 6.34. The van der Waals surface area contributed by atoms with Crippen LogP contribution in [0.2, 0.25) is 0 Å². The molecule has 0 aromatic heterocycles. The zero-order chi connectivity index (χ0) is 8.20. The summed E-state index contributed by atoms with van der Waals surface area (Å²) in [6, 6.07) is 0. The van der Waals surface area contributed by atoms with Crippen LogP contribution in [0.15, 0.2) is 25.3 Å². The number of hydrogen-bond acceptors (Lipinski definition) is 3. The molecule has 0 aromatic rings. The van der Waals surface area contributed by atoms with E-state index in [2.05, 4.69) is 13.2 Å². The van der Waals surface area contributed by atoms with E-state index >= 15 is 0 Å². The minimum Gasteiger partial charge on any atom is -0.374 e. The van der Waals surface area contributed by atoms with Gasteiger partial charge in [-0.2, -0.15) is 0 Å². The van der Waals surface area contributed by atoms with Crippen LogP contribution in [0.1, 0.15) is 0 Å². The van der Waals surface area contributed by atoms with Gasteiger partial charge in [-0.25, -0.2) is 8.42 Å². The highest BCUT2D eigenvalue weighted by atomic mass is 32.2. The molecule has 4 heteroatoms. The summed E-state index contributed by atoms with van der Waals surface area (Å²) in [6.45, 7) is 6.38. The van der Waals surface area contributed by atoms with Crippen LogP contribution in [0.5, 0.6) is 0 Å². The maximum atomic E-state index is 10.8. The van der Waals surface area contributed by atoms with E-state index in [9.17, 15) is 8.42 Å². The third-order valence-corrected chi connectivity index (χ3v) is 2.55. The van der Waals surface area contributed by atoms with Gasteiger partial charge in [-0.1, -0.05) is 12.7 Å². The molecule has 1 atom stereocenters. The summed E-state index contributed by atoms with van der Waals surface area (Å²) in [5.41, 5.74) is -1.47. The maximum Gasteiger partial charge on any atom is 0.184 e. The summed E-state index contributed by atoms with van der Waals surface area (Å²) in [5, 5.41) is 8.76. The van der Waals surface area contributed by atoms with Crippen LogP contribution < -0.4 is 0 Å². The van der Waals surface area contributed by atoms with E-state index in [1.807, 2.05) is 0 Å². The second-order valence-corrected chi connectivity index (χ2v) is 3.89. The monoisotopic (exact) mass is 162 g/mol. The lowest BCUT2D eigenvalue weighted by atomic mass is 10.7. The number of hydrogen-bond donors (Lipinski definition) is 1. The van der Waals surface area contributed by atoms with Crippen LogP contribution in [0.3, 0.4) is 0 Å². The Bertz CT molecular complexity index is 215. The van der Waals surface area contributed by atoms with Crippen molar-refractivity contribution in [3.8, 4) is 0 Å². The Morgan fingerprint density at radius 2 is 2.00 bits per heavy atom. The lowest BCUT2D eigenvalue weighted by Gasteiger charge is -2.02. The van der Waals surface area contributed by atoms with E-state index in [0.29, 0.717) is 0 Å². The Labute approximate surface area is 60.6 Å². The maximum absolute atomic E-state index is 10.8. The summed E-state index contributed by atoms with van der Waals surface area (Å²) in [4.78, 5) is 0. The SMILES string of the molecule is C=CCS(=O)(=O)[C@H](O)C=C. The second kappa shape index (κ2) is 3.53. The van der Waals surface area contributed by atoms with Crippen molar-refractivity contribution in [1.29, 1.82) is 0 Å². The molecule has 3 nitrogen and oxygen atoms in total. The van der Waals surface area contributed by atoms with E-state index in [4.69, 9.17) is 5.11 Å². The van der Waals surface area contributed by atoms with Gasteiger partial charge in [0.1, 0.15) is 0 Å². The van der Waals surface area contributed by atoms with Crippen molar-refractivity contribution in [2.75, 3.05) is 5.75 Å². The molecule has 0 spiro atoms. The molecule has 0 bridgehead atoms. The molecule has 0 fully saturated rings. The molecule has 0 aliphatic rings. The van der Waals surface area contributed by atoms with Crippen LogP contribution in [0.25, 0.3) is 0 Å². The molecule has 1 N–H and O–H groups in total. The zero-order valence-electron chi connectivity index (χ0n) is 5.53. The summed E-state index contributed by atoms with van der Waals surface area (Å²) >= 11 is 0. The molecular weight excluding hydrogens is 152 g/mol. The summed E-state index contributed by atoms with van der Waals surface area (Å²) in [7, 11) is -3.44. The minimum atomic E-state index is -3.44. The fourth-order valence-corrected chi connectivity index (χ4v) is 1.23. The first kappa shape index (κ1) is 9.39. The molecule has 0 aliphatic heterocycles. The highest BCUT2D eigenvalue weighted by Gasteiger charge is 2.16. The highest BCUT2D eigenvalue weighted by Crippen LogP contribution is 1.99. The Hall–Kier alpha value is -0.610. The molecule has 0 aromatic carbocycles. The first-order chi connectivity index (χ1) is 4.54. The smallest absolute Gasteiger partial charge is 0.184 e. The van der Waals surface area contributed by atoms with Crippen LogP contribution in [-0.4, -0.2) is 24.7 Å². The Kier molecular flexibility index (Phi) is 3.32. The number of sulfone groups is 1. The van der Waals surface area contributed by atoms with E-state index in [0.717, 1.165) is 6.08 Å². The Morgan fingerprint density at radius 1 is 1.50 bits per heavy atom. The van der Waals surface area contributed by atoms with Crippen molar-refractivity contribution < 1.29 is 13.5 Å². The van der Waals surface area contributed by atoms with Gasteiger partial charge in [0.15, 0.2) is 15.3 Å². The highest BCUT2D eigenvalue weighted by molar-refractivity contribution is 7.92. The van der Waals surface area contributed by atoms with Crippen molar-refractivity contribution in [2.24, 2.45) is 0 Å². The van der Waals surface area contributed by atoms with E-state index in [-0.39, 0.29) is 5.75 Å². The fraction of sp³-hybridized carbons (Fsp3) is 0.333. The molecule has 0 amide bonds. The van der Waals surface area contributed by atoms with Gasteiger partial charge in [-0.15, -0.1) is 6.58 Å². The third kappa shape index (κ3) is 2.33. The molecule has 0 saturated carbocycles. The van der Waals surface area contributed by atoms with Gasteiger partial charge in [0, 0.05) is 0 Å². The van der Waals surface area contributed by atoms with Gasteiger partial charge < -0.3 is 5.11 Å². The van der Waals surface area contributed by atoms with Gasteiger partial charge in [0.2, 0.25) is 0 Å². The van der Waals surface area contributed by atoms with Gasteiger partial charge in [0.25, 0.3) is 0 Å². The second-order valence-electron chi connectivity index (χ2n) is 1.74. The van der Waals surface area contributed by atoms with Crippen LogP contribution in [-0.2, 0) is 9.84 Å². The van der Waals surface area contributed by atoms with Gasteiger partial charge in [0.05, 0.1) is 5.75 Å². The van der Waals surface area contributed by atoms with Crippen LogP contribution >= 0.6 is 0 Å². The van der Waals surface area contributed by atoms with Gasteiger partial charge in [-0.05, 0) is 6.08 Å². The third-order valence-electron chi connectivity index (χ3n) is 0.920. The number of rotatable bonds is 4. The lowest BCUT2D eigenvalue weighted by Crippen LogP contribution is -2.19. The van der Waals surface area contributed by atoms with Crippen molar-refractivity contribution in [3.63, 3.8) is 0 Å². The average molecular weight is 162 g/mol. The minimum absolute atomic E-state index is 0.222. The standard InChI is InChI=1S/C6H10O3S/c1-3-5-10(8,9)6(7)4-2/h3-4,6-7H,1-2,5H2/t6-/m0/s1. The number of aliphatic hydroxyl groups excluding tert-OH is 1.